The number of esters is 1. The molecule has 0 spiro atoms. The minimum absolute atomic E-state index is 0.0357. The van der Waals surface area contributed by atoms with Crippen LogP contribution in [0.4, 0.5) is 15.8 Å². The molecule has 0 saturated carbocycles. The van der Waals surface area contributed by atoms with Crippen molar-refractivity contribution < 1.29 is 13.9 Å². The Bertz CT molecular complexity index is 490. The van der Waals surface area contributed by atoms with Gasteiger partial charge in [-0.2, -0.15) is 0 Å². The van der Waals surface area contributed by atoms with Crippen molar-refractivity contribution in [2.75, 3.05) is 37.8 Å². The van der Waals surface area contributed by atoms with Gasteiger partial charge < -0.3 is 20.7 Å². The van der Waals surface area contributed by atoms with Crippen LogP contribution in [0.25, 0.3) is 0 Å². The summed E-state index contributed by atoms with van der Waals surface area (Å²) < 4.78 is 18.6. The average Bonchev–Trinajstić information content (AvgIpc) is 2.46. The topological polar surface area (TPSA) is 67.6 Å². The summed E-state index contributed by atoms with van der Waals surface area (Å²) in [5.41, 5.74) is 6.13. The van der Waals surface area contributed by atoms with E-state index in [4.69, 9.17) is 5.73 Å². The fourth-order valence-electron chi connectivity index (χ4n) is 2.17. The van der Waals surface area contributed by atoms with E-state index < -0.39 is 11.8 Å². The highest BCUT2D eigenvalue weighted by molar-refractivity contribution is 5.96. The minimum Gasteiger partial charge on any atom is -0.465 e. The number of methoxy groups -OCH3 is 1. The average molecular weight is 297 g/mol. The zero-order chi connectivity index (χ0) is 16.0. The number of nitrogens with zero attached hydrogens (tertiary/aromatic N) is 1. The fraction of sp³-hybridized carbons (Fsp3) is 0.533. The molecular weight excluding hydrogens is 273 g/mol. The van der Waals surface area contributed by atoms with Gasteiger partial charge in [-0.25, -0.2) is 9.18 Å². The van der Waals surface area contributed by atoms with Crippen molar-refractivity contribution in [3.8, 4) is 0 Å². The van der Waals surface area contributed by atoms with E-state index in [1.807, 2.05) is 6.92 Å². The molecule has 118 valence electrons. The Kier molecular flexibility index (Phi) is 6.42. The molecule has 1 atom stereocenters. The number of nitrogens with one attached hydrogen (secondary N) is 1. The molecule has 1 aromatic rings. The number of halogens is 1. The van der Waals surface area contributed by atoms with Crippen molar-refractivity contribution in [3.05, 3.63) is 23.5 Å². The third-order valence-electron chi connectivity index (χ3n) is 3.37. The smallest absolute Gasteiger partial charge is 0.340 e. The number of hydrogen-bond acceptors (Lipinski definition) is 5. The molecule has 21 heavy (non-hydrogen) atoms. The van der Waals surface area contributed by atoms with Crippen LogP contribution in [0, 0.1) is 5.82 Å². The second-order valence-electron chi connectivity index (χ2n) is 4.94. The fourth-order valence-corrected chi connectivity index (χ4v) is 2.17. The van der Waals surface area contributed by atoms with Crippen LogP contribution in [0.3, 0.4) is 0 Å². The molecule has 0 aliphatic rings. The second kappa shape index (κ2) is 7.83. The standard InChI is InChI=1S/C15H24FN3O2/c1-5-19(6-2)9-10(3)18-14-7-11(15(20)21-4)13(17)8-12(14)16/h7-8,10,18H,5-6,9,17H2,1-4H3. The number of carbonyl (C=O) groups is 1. The number of anilines is 2. The molecule has 1 aromatic carbocycles. The maximum atomic E-state index is 14.0. The predicted octanol–water partition coefficient (Wildman–Crippen LogP) is 2.34. The van der Waals surface area contributed by atoms with Gasteiger partial charge in [0.1, 0.15) is 5.82 Å². The molecule has 0 aliphatic carbocycles. The molecule has 0 radical (unpaired) electrons. The lowest BCUT2D eigenvalue weighted by Crippen LogP contribution is -2.35. The number of rotatable bonds is 7. The van der Waals surface area contributed by atoms with Gasteiger partial charge in [0.05, 0.1) is 18.4 Å². The Hall–Kier alpha value is -1.82. The SMILES string of the molecule is CCN(CC)CC(C)Nc1cc(C(=O)OC)c(N)cc1F. The molecule has 0 amide bonds. The van der Waals surface area contributed by atoms with Crippen LogP contribution in [-0.2, 0) is 4.74 Å². The Morgan fingerprint density at radius 2 is 2.05 bits per heavy atom. The highest BCUT2D eigenvalue weighted by atomic mass is 19.1. The highest BCUT2D eigenvalue weighted by Gasteiger charge is 2.16. The molecule has 6 heteroatoms. The van der Waals surface area contributed by atoms with Crippen LogP contribution in [0.5, 0.6) is 0 Å². The Morgan fingerprint density at radius 3 is 2.57 bits per heavy atom. The number of nitrogen functional groups attached to an aromatic ring is 1. The van der Waals surface area contributed by atoms with E-state index in [2.05, 4.69) is 28.8 Å². The minimum atomic E-state index is -0.577. The highest BCUT2D eigenvalue weighted by Crippen LogP contribution is 2.23. The second-order valence-corrected chi connectivity index (χ2v) is 4.94. The van der Waals surface area contributed by atoms with Gasteiger partial charge >= 0.3 is 5.97 Å². The van der Waals surface area contributed by atoms with Crippen molar-refractivity contribution in [1.29, 1.82) is 0 Å². The molecule has 1 unspecified atom stereocenters. The summed E-state index contributed by atoms with van der Waals surface area (Å²) in [4.78, 5) is 13.8. The number of carbonyl (C=O) groups excluding carboxylic acids is 1. The monoisotopic (exact) mass is 297 g/mol. The van der Waals surface area contributed by atoms with E-state index in [1.165, 1.54) is 13.2 Å². The molecule has 3 N–H and O–H groups in total. The van der Waals surface area contributed by atoms with Crippen molar-refractivity contribution in [2.45, 2.75) is 26.8 Å². The molecular formula is C15H24FN3O2. The maximum absolute atomic E-state index is 14.0. The van der Waals surface area contributed by atoms with Gasteiger partial charge in [-0.3, -0.25) is 0 Å². The summed E-state index contributed by atoms with van der Waals surface area (Å²) in [5.74, 6) is -1.06. The Morgan fingerprint density at radius 1 is 1.43 bits per heavy atom. The first-order valence-corrected chi connectivity index (χ1v) is 7.09. The molecule has 0 aliphatic heterocycles. The van der Waals surface area contributed by atoms with Crippen molar-refractivity contribution in [1.82, 2.24) is 4.90 Å². The Balaban J connectivity index is 2.90. The number of hydrogen-bond donors (Lipinski definition) is 2. The first-order chi connectivity index (χ1) is 9.92. The zero-order valence-electron chi connectivity index (χ0n) is 13.1. The lowest BCUT2D eigenvalue weighted by Gasteiger charge is -2.24. The van der Waals surface area contributed by atoms with Gasteiger partial charge in [-0.05, 0) is 32.1 Å². The van der Waals surface area contributed by atoms with Crippen molar-refractivity contribution in [2.24, 2.45) is 0 Å². The summed E-state index contributed by atoms with van der Waals surface area (Å²) in [6, 6.07) is 2.57. The van der Waals surface area contributed by atoms with Gasteiger partial charge in [0.2, 0.25) is 0 Å². The first kappa shape index (κ1) is 17.2. The molecule has 0 fully saturated rings. The van der Waals surface area contributed by atoms with Gasteiger partial charge in [-0.15, -0.1) is 0 Å². The quantitative estimate of drug-likeness (QED) is 0.597. The van der Waals surface area contributed by atoms with Gasteiger partial charge in [0, 0.05) is 18.3 Å². The lowest BCUT2D eigenvalue weighted by atomic mass is 10.1. The summed E-state index contributed by atoms with van der Waals surface area (Å²) in [6.45, 7) is 8.77. The number of nitrogens with two attached hydrogens (primary N) is 1. The Labute approximate surface area is 125 Å². The number of benzene rings is 1. The molecule has 0 bridgehead atoms. The zero-order valence-corrected chi connectivity index (χ0v) is 13.1. The van der Waals surface area contributed by atoms with Crippen LogP contribution in [0.2, 0.25) is 0 Å². The summed E-state index contributed by atoms with van der Waals surface area (Å²) >= 11 is 0. The third-order valence-corrected chi connectivity index (χ3v) is 3.37. The van der Waals surface area contributed by atoms with Gasteiger partial charge in [-0.1, -0.05) is 13.8 Å². The van der Waals surface area contributed by atoms with E-state index in [1.54, 1.807) is 0 Å². The lowest BCUT2D eigenvalue weighted by molar-refractivity contribution is 0.0602. The van der Waals surface area contributed by atoms with E-state index in [-0.39, 0.29) is 23.0 Å². The van der Waals surface area contributed by atoms with Crippen LogP contribution < -0.4 is 11.1 Å². The summed E-state index contributed by atoms with van der Waals surface area (Å²) in [6.07, 6.45) is 0. The van der Waals surface area contributed by atoms with E-state index in [0.717, 1.165) is 25.7 Å². The molecule has 0 heterocycles. The van der Waals surface area contributed by atoms with Crippen LogP contribution in [0.1, 0.15) is 31.1 Å². The molecule has 0 aromatic heterocycles. The van der Waals surface area contributed by atoms with Crippen LogP contribution in [-0.4, -0.2) is 43.7 Å². The number of ether oxygens (including phenoxy) is 1. The third kappa shape index (κ3) is 4.60. The van der Waals surface area contributed by atoms with Crippen LogP contribution in [0.15, 0.2) is 12.1 Å². The summed E-state index contributed by atoms with van der Waals surface area (Å²) in [7, 11) is 1.27. The molecule has 0 saturated heterocycles. The van der Waals surface area contributed by atoms with Crippen molar-refractivity contribution >= 4 is 17.3 Å². The predicted molar refractivity (Wildman–Crippen MR) is 83.0 cm³/mol. The normalized spacial score (nSPS) is 12.3. The first-order valence-electron chi connectivity index (χ1n) is 7.09. The molecule has 5 nitrogen and oxygen atoms in total. The van der Waals surface area contributed by atoms with Gasteiger partial charge in [0.25, 0.3) is 0 Å². The summed E-state index contributed by atoms with van der Waals surface area (Å²) in [5, 5.41) is 3.08. The maximum Gasteiger partial charge on any atom is 0.340 e. The number of likely N-dealkylation sites (N-methyl/N-ethyl adjacent to an activating group) is 1. The van der Waals surface area contributed by atoms with Crippen molar-refractivity contribution in [3.63, 3.8) is 0 Å². The van der Waals surface area contributed by atoms with E-state index >= 15 is 0 Å². The largest absolute Gasteiger partial charge is 0.465 e. The molecule has 1 rings (SSSR count). The van der Waals surface area contributed by atoms with Gasteiger partial charge in [0.15, 0.2) is 0 Å². The van der Waals surface area contributed by atoms with E-state index in [9.17, 15) is 9.18 Å². The van der Waals surface area contributed by atoms with E-state index in [0.29, 0.717) is 0 Å². The van der Waals surface area contributed by atoms with Crippen LogP contribution >= 0.6 is 0 Å².